The number of nitrogens with one attached hydrogen (secondary N) is 1. The van der Waals surface area contributed by atoms with E-state index >= 15 is 0 Å². The molecule has 0 radical (unpaired) electrons. The molecule has 88 valence electrons. The number of aromatic amines is 1. The van der Waals surface area contributed by atoms with Gasteiger partial charge in [-0.1, -0.05) is 18.2 Å². The lowest BCUT2D eigenvalue weighted by Gasteiger charge is -2.20. The molecule has 17 heavy (non-hydrogen) atoms. The van der Waals surface area contributed by atoms with E-state index in [2.05, 4.69) is 34.1 Å². The lowest BCUT2D eigenvalue weighted by atomic mass is 10.0. The van der Waals surface area contributed by atoms with Crippen LogP contribution in [0, 0.1) is 0 Å². The van der Waals surface area contributed by atoms with Gasteiger partial charge in [0.1, 0.15) is 0 Å². The smallest absolute Gasteiger partial charge is 0.0458 e. The van der Waals surface area contributed by atoms with Crippen molar-refractivity contribution in [2.45, 2.75) is 31.7 Å². The highest BCUT2D eigenvalue weighted by atomic mass is 15.2. The van der Waals surface area contributed by atoms with Crippen molar-refractivity contribution in [3.8, 4) is 0 Å². The van der Waals surface area contributed by atoms with E-state index in [9.17, 15) is 0 Å². The van der Waals surface area contributed by atoms with Gasteiger partial charge in [0.2, 0.25) is 0 Å². The predicted molar refractivity (Wildman–Crippen MR) is 70.3 cm³/mol. The largest absolute Gasteiger partial charge is 0.358 e. The van der Waals surface area contributed by atoms with Gasteiger partial charge in [0, 0.05) is 35.6 Å². The van der Waals surface area contributed by atoms with Crippen molar-refractivity contribution in [1.82, 2.24) is 9.88 Å². The first-order valence-corrected chi connectivity index (χ1v) is 6.74. The summed E-state index contributed by atoms with van der Waals surface area (Å²) in [6.45, 7) is 2.56. The van der Waals surface area contributed by atoms with Gasteiger partial charge in [-0.05, 0) is 37.4 Å². The number of hydrogen-bond donors (Lipinski definition) is 1. The van der Waals surface area contributed by atoms with Gasteiger partial charge >= 0.3 is 0 Å². The molecular formula is C15H18N2. The monoisotopic (exact) mass is 226 g/mol. The fourth-order valence-electron chi connectivity index (χ4n) is 3.63. The van der Waals surface area contributed by atoms with Crippen LogP contribution in [0.5, 0.6) is 0 Å². The molecule has 1 fully saturated rings. The van der Waals surface area contributed by atoms with E-state index in [4.69, 9.17) is 0 Å². The highest BCUT2D eigenvalue weighted by Gasteiger charge is 2.29. The SMILES string of the molecule is c1ccc2c3c([nH]c2c1)C[C@H]1CCCN1CC3. The van der Waals surface area contributed by atoms with Gasteiger partial charge < -0.3 is 4.98 Å². The summed E-state index contributed by atoms with van der Waals surface area (Å²) in [7, 11) is 0. The van der Waals surface area contributed by atoms with Crippen LogP contribution < -0.4 is 0 Å². The number of rotatable bonds is 0. The van der Waals surface area contributed by atoms with Crippen molar-refractivity contribution in [3.05, 3.63) is 35.5 Å². The molecule has 0 saturated carbocycles. The highest BCUT2D eigenvalue weighted by molar-refractivity contribution is 5.84. The van der Waals surface area contributed by atoms with Crippen LogP contribution in [-0.2, 0) is 12.8 Å². The van der Waals surface area contributed by atoms with Crippen LogP contribution in [0.4, 0.5) is 0 Å². The van der Waals surface area contributed by atoms with Crippen molar-refractivity contribution < 1.29 is 0 Å². The van der Waals surface area contributed by atoms with Crippen LogP contribution in [0.3, 0.4) is 0 Å². The maximum atomic E-state index is 3.64. The maximum Gasteiger partial charge on any atom is 0.0458 e. The standard InChI is InChI=1S/C15H18N2/c1-2-6-14-12(5-1)13-7-9-17-8-3-4-11(17)10-15(13)16-14/h1-2,5-6,11,16H,3-4,7-10H2/t11-/m1/s1. The molecule has 0 unspecified atom stereocenters. The summed E-state index contributed by atoms with van der Waals surface area (Å²) < 4.78 is 0. The van der Waals surface area contributed by atoms with E-state index in [0.717, 1.165) is 6.04 Å². The predicted octanol–water partition coefficient (Wildman–Crippen LogP) is 2.73. The van der Waals surface area contributed by atoms with Gasteiger partial charge in [0.05, 0.1) is 0 Å². The Labute approximate surface area is 102 Å². The second kappa shape index (κ2) is 3.61. The number of fused-ring (bicyclic) bond motifs is 4. The van der Waals surface area contributed by atoms with Gasteiger partial charge in [0.15, 0.2) is 0 Å². The molecule has 3 heterocycles. The topological polar surface area (TPSA) is 19.0 Å². The Kier molecular flexibility index (Phi) is 2.06. The number of nitrogens with zero attached hydrogens (tertiary/aromatic N) is 1. The first-order chi connectivity index (χ1) is 8.42. The molecule has 2 aliphatic rings. The minimum Gasteiger partial charge on any atom is -0.358 e. The lowest BCUT2D eigenvalue weighted by Crippen LogP contribution is -2.30. The molecule has 2 heteroatoms. The number of H-pyrrole nitrogens is 1. The minimum atomic E-state index is 0.796. The Morgan fingerprint density at radius 1 is 1.18 bits per heavy atom. The number of hydrogen-bond acceptors (Lipinski definition) is 1. The number of benzene rings is 1. The van der Waals surface area contributed by atoms with Gasteiger partial charge in [-0.25, -0.2) is 0 Å². The molecule has 4 rings (SSSR count). The summed E-state index contributed by atoms with van der Waals surface area (Å²) in [6.07, 6.45) is 5.22. The van der Waals surface area contributed by atoms with Crippen LogP contribution in [0.25, 0.3) is 10.9 Å². The zero-order valence-electron chi connectivity index (χ0n) is 10.1. The summed E-state index contributed by atoms with van der Waals surface area (Å²) in [5.74, 6) is 0. The van der Waals surface area contributed by atoms with E-state index < -0.39 is 0 Å². The Hall–Kier alpha value is -1.28. The zero-order valence-corrected chi connectivity index (χ0v) is 10.1. The molecule has 1 aromatic heterocycles. The van der Waals surface area contributed by atoms with Crippen LogP contribution >= 0.6 is 0 Å². The maximum absolute atomic E-state index is 3.64. The van der Waals surface area contributed by atoms with Gasteiger partial charge in [0.25, 0.3) is 0 Å². The molecule has 0 spiro atoms. The molecule has 1 saturated heterocycles. The van der Waals surface area contributed by atoms with Crippen molar-refractivity contribution in [1.29, 1.82) is 0 Å². The Morgan fingerprint density at radius 3 is 3.12 bits per heavy atom. The van der Waals surface area contributed by atoms with Crippen molar-refractivity contribution >= 4 is 10.9 Å². The first-order valence-electron chi connectivity index (χ1n) is 6.74. The third kappa shape index (κ3) is 1.44. The molecule has 1 atom stereocenters. The van der Waals surface area contributed by atoms with Gasteiger partial charge in [-0.2, -0.15) is 0 Å². The number of aromatic nitrogens is 1. The second-order valence-corrected chi connectivity index (χ2v) is 5.41. The molecule has 1 aromatic carbocycles. The Morgan fingerprint density at radius 2 is 2.12 bits per heavy atom. The van der Waals surface area contributed by atoms with E-state index in [-0.39, 0.29) is 0 Å². The van der Waals surface area contributed by atoms with Crippen molar-refractivity contribution in [3.63, 3.8) is 0 Å². The highest BCUT2D eigenvalue weighted by Crippen LogP contribution is 2.30. The summed E-state index contributed by atoms with van der Waals surface area (Å²) >= 11 is 0. The summed E-state index contributed by atoms with van der Waals surface area (Å²) in [6, 6.07) is 9.55. The summed E-state index contributed by atoms with van der Waals surface area (Å²) in [4.78, 5) is 6.33. The molecule has 2 aromatic rings. The van der Waals surface area contributed by atoms with Crippen LogP contribution in [0.15, 0.2) is 24.3 Å². The fraction of sp³-hybridized carbons (Fsp3) is 0.467. The van der Waals surface area contributed by atoms with E-state index in [1.807, 2.05) is 0 Å². The van der Waals surface area contributed by atoms with Gasteiger partial charge in [-0.3, -0.25) is 4.90 Å². The molecule has 0 amide bonds. The van der Waals surface area contributed by atoms with Crippen LogP contribution in [-0.4, -0.2) is 29.0 Å². The van der Waals surface area contributed by atoms with Crippen molar-refractivity contribution in [2.75, 3.05) is 13.1 Å². The second-order valence-electron chi connectivity index (χ2n) is 5.41. The fourth-order valence-corrected chi connectivity index (χ4v) is 3.63. The summed E-state index contributed by atoms with van der Waals surface area (Å²) in [5.41, 5.74) is 4.40. The molecule has 0 aliphatic carbocycles. The molecular weight excluding hydrogens is 208 g/mol. The van der Waals surface area contributed by atoms with E-state index in [1.165, 1.54) is 55.4 Å². The summed E-state index contributed by atoms with van der Waals surface area (Å²) in [5, 5.41) is 1.45. The average molecular weight is 226 g/mol. The first kappa shape index (κ1) is 9.72. The quantitative estimate of drug-likeness (QED) is 0.732. The Bertz CT molecular complexity index is 555. The van der Waals surface area contributed by atoms with Crippen LogP contribution in [0.2, 0.25) is 0 Å². The number of para-hydroxylation sites is 1. The zero-order chi connectivity index (χ0) is 11.2. The third-order valence-electron chi connectivity index (χ3n) is 4.49. The van der Waals surface area contributed by atoms with Crippen LogP contribution in [0.1, 0.15) is 24.1 Å². The molecule has 2 nitrogen and oxygen atoms in total. The van der Waals surface area contributed by atoms with Gasteiger partial charge in [-0.15, -0.1) is 0 Å². The average Bonchev–Trinajstić information content (AvgIpc) is 2.89. The minimum absolute atomic E-state index is 0.796. The lowest BCUT2D eigenvalue weighted by molar-refractivity contribution is 0.263. The third-order valence-corrected chi connectivity index (χ3v) is 4.49. The van der Waals surface area contributed by atoms with E-state index in [1.54, 1.807) is 5.56 Å². The molecule has 1 N–H and O–H groups in total. The normalized spacial score (nSPS) is 24.6. The Balaban J connectivity index is 1.83. The molecule has 2 aliphatic heterocycles. The molecule has 0 bridgehead atoms. The van der Waals surface area contributed by atoms with Crippen molar-refractivity contribution in [2.24, 2.45) is 0 Å². The van der Waals surface area contributed by atoms with E-state index in [0.29, 0.717) is 0 Å².